The number of rotatable bonds is 5. The lowest BCUT2D eigenvalue weighted by Crippen LogP contribution is -2.28. The lowest BCUT2D eigenvalue weighted by Gasteiger charge is -2.30. The predicted octanol–water partition coefficient (Wildman–Crippen LogP) is 5.27. The molecule has 138 valence electrons. The summed E-state index contributed by atoms with van der Waals surface area (Å²) in [5.41, 5.74) is 2.43. The molecule has 2 heterocycles. The molecule has 4 heteroatoms. The maximum absolute atomic E-state index is 12.0. The highest BCUT2D eigenvalue weighted by Crippen LogP contribution is 2.44. The average Bonchev–Trinajstić information content (AvgIpc) is 2.53. The Labute approximate surface area is 154 Å². The van der Waals surface area contributed by atoms with Crippen LogP contribution in [0, 0.1) is 0 Å². The van der Waals surface area contributed by atoms with Crippen molar-refractivity contribution >= 4 is 17.0 Å². The van der Waals surface area contributed by atoms with Crippen molar-refractivity contribution in [3.63, 3.8) is 0 Å². The van der Waals surface area contributed by atoms with Crippen LogP contribution in [0.2, 0.25) is 0 Å². The smallest absolute Gasteiger partial charge is 0.336 e. The van der Waals surface area contributed by atoms with Crippen molar-refractivity contribution in [2.24, 2.45) is 0 Å². The first kappa shape index (κ1) is 18.3. The first-order valence-electron chi connectivity index (χ1n) is 9.06. The molecule has 0 bridgehead atoms. The van der Waals surface area contributed by atoms with Gasteiger partial charge < -0.3 is 13.9 Å². The van der Waals surface area contributed by atoms with E-state index in [1.807, 2.05) is 39.8 Å². The molecule has 3 rings (SSSR count). The molecule has 1 aliphatic rings. The molecule has 2 aromatic rings. The zero-order valence-corrected chi connectivity index (χ0v) is 16.1. The van der Waals surface area contributed by atoms with Crippen LogP contribution in [0.1, 0.15) is 52.2 Å². The zero-order chi connectivity index (χ0) is 19.1. The molecule has 4 nitrogen and oxygen atoms in total. The minimum absolute atomic E-state index is 0.162. The molecular formula is C22H26O4. The molecule has 0 saturated carbocycles. The molecule has 1 aromatic heterocycles. The number of hydrogen-bond donors (Lipinski definition) is 0. The van der Waals surface area contributed by atoms with Crippen LogP contribution < -0.4 is 15.1 Å². The Morgan fingerprint density at radius 1 is 1.35 bits per heavy atom. The van der Waals surface area contributed by atoms with E-state index in [2.05, 4.69) is 13.5 Å². The van der Waals surface area contributed by atoms with Crippen LogP contribution in [0.15, 0.2) is 39.6 Å². The number of hydrogen-bond acceptors (Lipinski definition) is 4. The van der Waals surface area contributed by atoms with E-state index in [0.717, 1.165) is 34.9 Å². The maximum atomic E-state index is 12.0. The van der Waals surface area contributed by atoms with Crippen molar-refractivity contribution in [1.82, 2.24) is 0 Å². The molecule has 0 aliphatic carbocycles. The van der Waals surface area contributed by atoms with Gasteiger partial charge in [0.1, 0.15) is 28.8 Å². The Balaban J connectivity index is 2.31. The standard InChI is InChI=1S/C22H26O4/c1-7-8-15-11-19(23)25-18-12-17(24-14(4)13(2)3)16-9-10-22(5,6)26-21(16)20(15)18/h9-12,14H,2,7-8H2,1,3-6H3. The van der Waals surface area contributed by atoms with Gasteiger partial charge in [-0.3, -0.25) is 0 Å². The topological polar surface area (TPSA) is 48.7 Å². The average molecular weight is 354 g/mol. The van der Waals surface area contributed by atoms with Gasteiger partial charge in [0.05, 0.1) is 10.9 Å². The van der Waals surface area contributed by atoms with E-state index in [9.17, 15) is 4.79 Å². The van der Waals surface area contributed by atoms with E-state index in [1.54, 1.807) is 12.1 Å². The fourth-order valence-corrected chi connectivity index (χ4v) is 3.06. The Morgan fingerprint density at radius 3 is 2.73 bits per heavy atom. The van der Waals surface area contributed by atoms with Gasteiger partial charge in [0.15, 0.2) is 0 Å². The molecule has 1 aliphatic heterocycles. The summed E-state index contributed by atoms with van der Waals surface area (Å²) in [6.45, 7) is 13.9. The summed E-state index contributed by atoms with van der Waals surface area (Å²) in [5, 5.41) is 0.856. The van der Waals surface area contributed by atoms with E-state index in [-0.39, 0.29) is 11.7 Å². The molecule has 0 radical (unpaired) electrons. The summed E-state index contributed by atoms with van der Waals surface area (Å²) < 4.78 is 17.9. The molecular weight excluding hydrogens is 328 g/mol. The number of ether oxygens (including phenoxy) is 2. The van der Waals surface area contributed by atoms with Gasteiger partial charge in [-0.15, -0.1) is 0 Å². The van der Waals surface area contributed by atoms with E-state index in [1.165, 1.54) is 0 Å². The second-order valence-electron chi connectivity index (χ2n) is 7.48. The van der Waals surface area contributed by atoms with Gasteiger partial charge in [0, 0.05) is 12.1 Å². The van der Waals surface area contributed by atoms with Crippen LogP contribution in [0.5, 0.6) is 11.5 Å². The third-order valence-electron chi connectivity index (χ3n) is 4.60. The third kappa shape index (κ3) is 3.41. The van der Waals surface area contributed by atoms with E-state index in [4.69, 9.17) is 13.9 Å². The molecule has 1 atom stereocenters. The van der Waals surface area contributed by atoms with E-state index in [0.29, 0.717) is 17.1 Å². The monoisotopic (exact) mass is 354 g/mol. The first-order chi connectivity index (χ1) is 12.2. The number of benzene rings is 1. The lowest BCUT2D eigenvalue weighted by atomic mass is 9.96. The first-order valence-corrected chi connectivity index (χ1v) is 9.06. The van der Waals surface area contributed by atoms with Gasteiger partial charge >= 0.3 is 5.63 Å². The van der Waals surface area contributed by atoms with E-state index < -0.39 is 5.60 Å². The molecule has 1 aromatic carbocycles. The molecule has 0 spiro atoms. The fourth-order valence-electron chi connectivity index (χ4n) is 3.06. The molecule has 0 fully saturated rings. The minimum atomic E-state index is -0.446. The fraction of sp³-hybridized carbons (Fsp3) is 0.409. The van der Waals surface area contributed by atoms with Crippen LogP contribution in [-0.2, 0) is 6.42 Å². The van der Waals surface area contributed by atoms with Gasteiger partial charge in [0.2, 0.25) is 0 Å². The summed E-state index contributed by atoms with van der Waals surface area (Å²) in [7, 11) is 0. The summed E-state index contributed by atoms with van der Waals surface area (Å²) in [6, 6.07) is 3.36. The number of aryl methyl sites for hydroxylation is 1. The number of fused-ring (bicyclic) bond motifs is 3. The Kier molecular flexibility index (Phi) is 4.70. The lowest BCUT2D eigenvalue weighted by molar-refractivity contribution is 0.159. The summed E-state index contributed by atoms with van der Waals surface area (Å²) >= 11 is 0. The van der Waals surface area contributed by atoms with E-state index >= 15 is 0 Å². The van der Waals surface area contributed by atoms with Crippen molar-refractivity contribution in [3.05, 3.63) is 51.9 Å². The summed E-state index contributed by atoms with van der Waals surface area (Å²) in [4.78, 5) is 12.0. The van der Waals surface area contributed by atoms with Crippen LogP contribution in [0.3, 0.4) is 0 Å². The van der Waals surface area contributed by atoms with Crippen LogP contribution >= 0.6 is 0 Å². The van der Waals surface area contributed by atoms with Crippen LogP contribution in [0.25, 0.3) is 17.0 Å². The van der Waals surface area contributed by atoms with Crippen molar-refractivity contribution in [2.45, 2.75) is 59.2 Å². The van der Waals surface area contributed by atoms with Crippen molar-refractivity contribution in [3.8, 4) is 11.5 Å². The van der Waals surface area contributed by atoms with Crippen molar-refractivity contribution < 1.29 is 13.9 Å². The minimum Gasteiger partial charge on any atom is -0.485 e. The van der Waals surface area contributed by atoms with Crippen molar-refractivity contribution in [1.29, 1.82) is 0 Å². The third-order valence-corrected chi connectivity index (χ3v) is 4.60. The Bertz CT molecular complexity index is 947. The van der Waals surface area contributed by atoms with Crippen molar-refractivity contribution in [2.75, 3.05) is 0 Å². The van der Waals surface area contributed by atoms with Gasteiger partial charge in [-0.1, -0.05) is 19.9 Å². The second kappa shape index (κ2) is 6.67. The highest BCUT2D eigenvalue weighted by atomic mass is 16.5. The van der Waals surface area contributed by atoms with Crippen LogP contribution in [0.4, 0.5) is 0 Å². The summed E-state index contributed by atoms with van der Waals surface area (Å²) in [5.74, 6) is 1.35. The predicted molar refractivity (Wildman–Crippen MR) is 105 cm³/mol. The largest absolute Gasteiger partial charge is 0.485 e. The van der Waals surface area contributed by atoms with Gasteiger partial charge in [-0.2, -0.15) is 0 Å². The molecule has 0 amide bonds. The normalized spacial score (nSPS) is 16.0. The molecule has 1 unspecified atom stereocenters. The van der Waals surface area contributed by atoms with Crippen LogP contribution in [-0.4, -0.2) is 11.7 Å². The second-order valence-corrected chi connectivity index (χ2v) is 7.48. The quantitative estimate of drug-likeness (QED) is 0.542. The summed E-state index contributed by atoms with van der Waals surface area (Å²) in [6.07, 6.45) is 5.59. The Hall–Kier alpha value is -2.49. The maximum Gasteiger partial charge on any atom is 0.336 e. The highest BCUT2D eigenvalue weighted by Gasteiger charge is 2.28. The van der Waals surface area contributed by atoms with Gasteiger partial charge in [-0.05, 0) is 57.4 Å². The Morgan fingerprint density at radius 2 is 2.08 bits per heavy atom. The van der Waals surface area contributed by atoms with Gasteiger partial charge in [-0.25, -0.2) is 4.79 Å². The molecule has 0 N–H and O–H groups in total. The molecule has 26 heavy (non-hydrogen) atoms. The van der Waals surface area contributed by atoms with Gasteiger partial charge in [0.25, 0.3) is 0 Å². The highest BCUT2D eigenvalue weighted by molar-refractivity contribution is 5.94. The molecule has 0 saturated heterocycles. The zero-order valence-electron chi connectivity index (χ0n) is 16.1. The SMILES string of the molecule is C=C(C)C(C)Oc1cc2oc(=O)cc(CCC)c2c2c1C=CC(C)(C)O2.